The van der Waals surface area contributed by atoms with Crippen LogP contribution in [0.4, 0.5) is 11.4 Å². The number of nitro groups is 1. The Morgan fingerprint density at radius 1 is 1.30 bits per heavy atom. The van der Waals surface area contributed by atoms with Crippen LogP contribution in [0.3, 0.4) is 0 Å². The van der Waals surface area contributed by atoms with Gasteiger partial charge < -0.3 is 9.88 Å². The van der Waals surface area contributed by atoms with E-state index in [0.717, 1.165) is 5.69 Å². The predicted molar refractivity (Wildman–Crippen MR) is 77.2 cm³/mol. The van der Waals surface area contributed by atoms with Gasteiger partial charge in [0.15, 0.2) is 0 Å². The summed E-state index contributed by atoms with van der Waals surface area (Å²) in [6.45, 7) is 2.15. The number of nitrogens with zero attached hydrogens (tertiary/aromatic N) is 2. The highest BCUT2D eigenvalue weighted by Gasteiger charge is 2.14. The summed E-state index contributed by atoms with van der Waals surface area (Å²) in [6.07, 6.45) is 0. The molecular formula is C14H15N3O3. The molecule has 0 fully saturated rings. The summed E-state index contributed by atoms with van der Waals surface area (Å²) >= 11 is 0. The van der Waals surface area contributed by atoms with E-state index in [1.165, 1.54) is 12.1 Å². The quantitative estimate of drug-likeness (QED) is 0.684. The topological polar surface area (TPSA) is 77.2 Å². The highest BCUT2D eigenvalue weighted by molar-refractivity contribution is 5.62. The Kier molecular flexibility index (Phi) is 3.84. The average Bonchev–Trinajstić information content (AvgIpc) is 2.43. The molecule has 0 spiro atoms. The Labute approximate surface area is 115 Å². The Bertz CT molecular complexity index is 707. The van der Waals surface area contributed by atoms with E-state index >= 15 is 0 Å². The van der Waals surface area contributed by atoms with Crippen LogP contribution in [-0.2, 0) is 6.54 Å². The molecule has 20 heavy (non-hydrogen) atoms. The van der Waals surface area contributed by atoms with Gasteiger partial charge in [-0.1, -0.05) is 12.1 Å². The predicted octanol–water partition coefficient (Wildman–Crippen LogP) is 2.15. The molecule has 2 rings (SSSR count). The fraction of sp³-hybridized carbons (Fsp3) is 0.214. The number of nitro benzene ring substituents is 1. The lowest BCUT2D eigenvalue weighted by molar-refractivity contribution is -0.384. The number of rotatable bonds is 4. The van der Waals surface area contributed by atoms with Gasteiger partial charge in [-0.25, -0.2) is 0 Å². The molecule has 2 aromatic rings. The first-order valence-electron chi connectivity index (χ1n) is 6.14. The molecule has 1 heterocycles. The maximum absolute atomic E-state index is 11.8. The van der Waals surface area contributed by atoms with Crippen molar-refractivity contribution in [1.82, 2.24) is 4.57 Å². The van der Waals surface area contributed by atoms with E-state index in [9.17, 15) is 14.9 Å². The number of aromatic nitrogens is 1. The summed E-state index contributed by atoms with van der Waals surface area (Å²) in [5, 5.41) is 13.8. The summed E-state index contributed by atoms with van der Waals surface area (Å²) in [6, 6.07) is 9.92. The zero-order valence-electron chi connectivity index (χ0n) is 11.3. The molecule has 0 saturated carbocycles. The zero-order chi connectivity index (χ0) is 14.7. The van der Waals surface area contributed by atoms with Crippen molar-refractivity contribution < 1.29 is 4.92 Å². The summed E-state index contributed by atoms with van der Waals surface area (Å²) in [5.41, 5.74) is 1.87. The molecule has 0 bridgehead atoms. The Morgan fingerprint density at radius 3 is 2.65 bits per heavy atom. The van der Waals surface area contributed by atoms with Crippen LogP contribution in [0.25, 0.3) is 0 Å². The Hall–Kier alpha value is -2.63. The molecule has 0 atom stereocenters. The van der Waals surface area contributed by atoms with Crippen LogP contribution in [-0.4, -0.2) is 16.5 Å². The SMILES string of the molecule is CNc1ccc(Cn2c(C)cccc2=O)cc1[N+](=O)[O-]. The van der Waals surface area contributed by atoms with Crippen molar-refractivity contribution in [2.75, 3.05) is 12.4 Å². The highest BCUT2D eigenvalue weighted by Crippen LogP contribution is 2.25. The first-order valence-corrected chi connectivity index (χ1v) is 6.14. The summed E-state index contributed by atoms with van der Waals surface area (Å²) in [7, 11) is 1.63. The van der Waals surface area contributed by atoms with Crippen molar-refractivity contribution >= 4 is 11.4 Å². The van der Waals surface area contributed by atoms with E-state index in [2.05, 4.69) is 5.32 Å². The van der Waals surface area contributed by atoms with Crippen molar-refractivity contribution in [3.63, 3.8) is 0 Å². The molecule has 0 radical (unpaired) electrons. The highest BCUT2D eigenvalue weighted by atomic mass is 16.6. The molecule has 0 amide bonds. The molecule has 104 valence electrons. The lowest BCUT2D eigenvalue weighted by Crippen LogP contribution is -2.21. The van der Waals surface area contributed by atoms with E-state index in [-0.39, 0.29) is 11.2 Å². The van der Waals surface area contributed by atoms with Crippen molar-refractivity contribution in [3.05, 3.63) is 68.1 Å². The number of nitrogens with one attached hydrogen (secondary N) is 1. The van der Waals surface area contributed by atoms with Crippen LogP contribution in [0.5, 0.6) is 0 Å². The Balaban J connectivity index is 2.42. The minimum atomic E-state index is -0.435. The van der Waals surface area contributed by atoms with E-state index in [4.69, 9.17) is 0 Å². The minimum absolute atomic E-state index is 0.00614. The first-order chi connectivity index (χ1) is 9.52. The summed E-state index contributed by atoms with van der Waals surface area (Å²) < 4.78 is 1.58. The van der Waals surface area contributed by atoms with Crippen LogP contribution < -0.4 is 10.9 Å². The van der Waals surface area contributed by atoms with E-state index in [1.54, 1.807) is 29.8 Å². The van der Waals surface area contributed by atoms with E-state index < -0.39 is 4.92 Å². The van der Waals surface area contributed by atoms with Crippen molar-refractivity contribution in [3.8, 4) is 0 Å². The normalized spacial score (nSPS) is 10.3. The smallest absolute Gasteiger partial charge is 0.292 e. The van der Waals surface area contributed by atoms with E-state index in [1.807, 2.05) is 13.0 Å². The maximum Gasteiger partial charge on any atom is 0.292 e. The molecule has 6 nitrogen and oxygen atoms in total. The first kappa shape index (κ1) is 13.8. The van der Waals surface area contributed by atoms with Crippen LogP contribution in [0.2, 0.25) is 0 Å². The number of pyridine rings is 1. The number of aryl methyl sites for hydroxylation is 1. The van der Waals surface area contributed by atoms with Gasteiger partial charge in [0, 0.05) is 24.9 Å². The van der Waals surface area contributed by atoms with Crippen LogP contribution in [0, 0.1) is 17.0 Å². The standard InChI is InChI=1S/C14H15N3O3/c1-10-4-3-5-14(18)16(10)9-11-6-7-12(15-2)13(8-11)17(19)20/h3-8,15H,9H2,1-2H3. The molecule has 1 aromatic heterocycles. The van der Waals surface area contributed by atoms with Crippen LogP contribution in [0.1, 0.15) is 11.3 Å². The van der Waals surface area contributed by atoms with E-state index in [0.29, 0.717) is 17.8 Å². The molecular weight excluding hydrogens is 258 g/mol. The number of benzene rings is 1. The largest absolute Gasteiger partial charge is 0.383 e. The third-order valence-corrected chi connectivity index (χ3v) is 3.14. The molecule has 6 heteroatoms. The molecule has 0 saturated heterocycles. The zero-order valence-corrected chi connectivity index (χ0v) is 11.3. The third kappa shape index (κ3) is 2.69. The average molecular weight is 273 g/mol. The second-order valence-electron chi connectivity index (χ2n) is 4.45. The minimum Gasteiger partial charge on any atom is -0.383 e. The van der Waals surface area contributed by atoms with Crippen molar-refractivity contribution in [2.24, 2.45) is 0 Å². The van der Waals surface area contributed by atoms with Gasteiger partial charge in [-0.05, 0) is 24.6 Å². The number of hydrogen-bond donors (Lipinski definition) is 1. The van der Waals surface area contributed by atoms with Gasteiger partial charge in [-0.15, -0.1) is 0 Å². The summed E-state index contributed by atoms with van der Waals surface area (Å²) in [4.78, 5) is 22.4. The number of anilines is 1. The summed E-state index contributed by atoms with van der Waals surface area (Å²) in [5.74, 6) is 0. The molecule has 1 N–H and O–H groups in total. The fourth-order valence-electron chi connectivity index (χ4n) is 2.05. The molecule has 1 aromatic carbocycles. The van der Waals surface area contributed by atoms with Gasteiger partial charge in [0.1, 0.15) is 5.69 Å². The van der Waals surface area contributed by atoms with Gasteiger partial charge in [0.2, 0.25) is 0 Å². The van der Waals surface area contributed by atoms with Gasteiger partial charge in [0.05, 0.1) is 11.5 Å². The van der Waals surface area contributed by atoms with Gasteiger partial charge in [-0.3, -0.25) is 14.9 Å². The van der Waals surface area contributed by atoms with Crippen molar-refractivity contribution in [1.29, 1.82) is 0 Å². The molecule has 0 unspecified atom stereocenters. The molecule has 0 aliphatic heterocycles. The monoisotopic (exact) mass is 273 g/mol. The molecule has 0 aliphatic rings. The van der Waals surface area contributed by atoms with Gasteiger partial charge >= 0.3 is 0 Å². The fourth-order valence-corrected chi connectivity index (χ4v) is 2.05. The Morgan fingerprint density at radius 2 is 2.05 bits per heavy atom. The maximum atomic E-state index is 11.8. The van der Waals surface area contributed by atoms with Gasteiger partial charge in [-0.2, -0.15) is 0 Å². The van der Waals surface area contributed by atoms with Crippen LogP contribution in [0.15, 0.2) is 41.2 Å². The van der Waals surface area contributed by atoms with Crippen LogP contribution >= 0.6 is 0 Å². The van der Waals surface area contributed by atoms with Crippen molar-refractivity contribution in [2.45, 2.75) is 13.5 Å². The lowest BCUT2D eigenvalue weighted by Gasteiger charge is -2.10. The second kappa shape index (κ2) is 5.56. The van der Waals surface area contributed by atoms with Gasteiger partial charge in [0.25, 0.3) is 11.2 Å². The lowest BCUT2D eigenvalue weighted by atomic mass is 10.1. The molecule has 0 aliphatic carbocycles. The second-order valence-corrected chi connectivity index (χ2v) is 4.45. The third-order valence-electron chi connectivity index (χ3n) is 3.14. The number of hydrogen-bond acceptors (Lipinski definition) is 4.